The molecular formula is C13H18N4. The van der Waals surface area contributed by atoms with E-state index in [2.05, 4.69) is 47.5 Å². The van der Waals surface area contributed by atoms with Gasteiger partial charge >= 0.3 is 0 Å². The molecule has 2 aromatic rings. The minimum Gasteiger partial charge on any atom is -0.379 e. The molecule has 4 heteroatoms. The lowest BCUT2D eigenvalue weighted by molar-refractivity contribution is 0.392. The van der Waals surface area contributed by atoms with Crippen LogP contribution < -0.4 is 5.32 Å². The zero-order chi connectivity index (χ0) is 12.3. The zero-order valence-corrected chi connectivity index (χ0v) is 10.5. The van der Waals surface area contributed by atoms with Crippen LogP contribution in [-0.4, -0.2) is 41.8 Å². The first-order chi connectivity index (χ1) is 8.16. The van der Waals surface area contributed by atoms with E-state index in [4.69, 9.17) is 0 Å². The van der Waals surface area contributed by atoms with Crippen molar-refractivity contribution in [3.05, 3.63) is 30.5 Å². The number of nitrogens with one attached hydrogen (secondary N) is 1. The monoisotopic (exact) mass is 230 g/mol. The van der Waals surface area contributed by atoms with Gasteiger partial charge in [-0.3, -0.25) is 0 Å². The number of nitrogens with zero attached hydrogens (tertiary/aromatic N) is 3. The Morgan fingerprint density at radius 1 is 1.29 bits per heavy atom. The highest BCUT2D eigenvalue weighted by Gasteiger charge is 2.06. The van der Waals surface area contributed by atoms with Gasteiger partial charge in [0, 0.05) is 18.0 Å². The van der Waals surface area contributed by atoms with E-state index in [1.54, 1.807) is 6.20 Å². The van der Waals surface area contributed by atoms with Crippen molar-refractivity contribution in [2.45, 2.75) is 13.0 Å². The summed E-state index contributed by atoms with van der Waals surface area (Å²) in [5.41, 5.74) is 1.97. The van der Waals surface area contributed by atoms with Crippen molar-refractivity contribution >= 4 is 16.6 Å². The van der Waals surface area contributed by atoms with Gasteiger partial charge in [0.2, 0.25) is 0 Å². The SMILES string of the molecule is CC(CN(C)C)Nc1cnnc2ccccc12. The van der Waals surface area contributed by atoms with Crippen LogP contribution in [0.1, 0.15) is 6.92 Å². The Labute approximate surface area is 102 Å². The van der Waals surface area contributed by atoms with E-state index in [9.17, 15) is 0 Å². The van der Waals surface area contributed by atoms with E-state index in [0.29, 0.717) is 6.04 Å². The smallest absolute Gasteiger partial charge is 0.0950 e. The van der Waals surface area contributed by atoms with Crippen LogP contribution >= 0.6 is 0 Å². The Hall–Kier alpha value is -1.68. The Morgan fingerprint density at radius 2 is 2.06 bits per heavy atom. The van der Waals surface area contributed by atoms with Crippen LogP contribution in [0.15, 0.2) is 30.5 Å². The van der Waals surface area contributed by atoms with Crippen LogP contribution in [0.2, 0.25) is 0 Å². The zero-order valence-electron chi connectivity index (χ0n) is 10.5. The molecule has 0 spiro atoms. The third-order valence-corrected chi connectivity index (χ3v) is 2.59. The Balaban J connectivity index is 2.24. The summed E-state index contributed by atoms with van der Waals surface area (Å²) in [6.45, 7) is 3.14. The van der Waals surface area contributed by atoms with Gasteiger partial charge in [0.25, 0.3) is 0 Å². The molecule has 2 rings (SSSR count). The van der Waals surface area contributed by atoms with Gasteiger partial charge in [-0.25, -0.2) is 0 Å². The molecule has 1 atom stereocenters. The fraction of sp³-hybridized carbons (Fsp3) is 0.385. The molecule has 4 nitrogen and oxygen atoms in total. The van der Waals surface area contributed by atoms with Gasteiger partial charge in [0.1, 0.15) is 0 Å². The summed E-state index contributed by atoms with van der Waals surface area (Å²) in [7, 11) is 4.14. The Bertz CT molecular complexity index is 490. The maximum atomic E-state index is 4.11. The molecule has 1 N–H and O–H groups in total. The lowest BCUT2D eigenvalue weighted by Gasteiger charge is -2.19. The molecule has 0 fully saturated rings. The molecule has 0 saturated carbocycles. The second kappa shape index (κ2) is 5.10. The van der Waals surface area contributed by atoms with Crippen molar-refractivity contribution in [3.8, 4) is 0 Å². The van der Waals surface area contributed by atoms with Crippen LogP contribution in [0.4, 0.5) is 5.69 Å². The standard InChI is InChI=1S/C13H18N4/c1-10(9-17(2)3)15-13-8-14-16-12-7-5-4-6-11(12)13/h4-8,10H,9H2,1-3H3,(H,15,16). The maximum absolute atomic E-state index is 4.11. The second-order valence-corrected chi connectivity index (χ2v) is 4.58. The lowest BCUT2D eigenvalue weighted by Crippen LogP contribution is -2.29. The normalized spacial score (nSPS) is 12.9. The summed E-state index contributed by atoms with van der Waals surface area (Å²) in [5, 5.41) is 12.7. The fourth-order valence-corrected chi connectivity index (χ4v) is 1.98. The number of anilines is 1. The van der Waals surface area contributed by atoms with E-state index < -0.39 is 0 Å². The molecule has 1 heterocycles. The van der Waals surface area contributed by atoms with Crippen LogP contribution in [-0.2, 0) is 0 Å². The number of rotatable bonds is 4. The van der Waals surface area contributed by atoms with Gasteiger partial charge < -0.3 is 10.2 Å². The minimum atomic E-state index is 0.373. The van der Waals surface area contributed by atoms with Crippen LogP contribution in [0.25, 0.3) is 10.9 Å². The summed E-state index contributed by atoms with van der Waals surface area (Å²) < 4.78 is 0. The van der Waals surface area contributed by atoms with E-state index in [1.807, 2.05) is 18.2 Å². The number of fused-ring (bicyclic) bond motifs is 1. The average molecular weight is 230 g/mol. The average Bonchev–Trinajstić information content (AvgIpc) is 2.28. The van der Waals surface area contributed by atoms with Gasteiger partial charge in [-0.05, 0) is 27.1 Å². The molecule has 0 aliphatic heterocycles. The molecule has 1 unspecified atom stereocenters. The molecule has 1 aromatic heterocycles. The minimum absolute atomic E-state index is 0.373. The fourth-order valence-electron chi connectivity index (χ4n) is 1.98. The Morgan fingerprint density at radius 3 is 2.82 bits per heavy atom. The summed E-state index contributed by atoms with van der Waals surface area (Å²) in [5.74, 6) is 0. The molecular weight excluding hydrogens is 212 g/mol. The molecule has 90 valence electrons. The van der Waals surface area contributed by atoms with E-state index in [1.165, 1.54) is 0 Å². The summed E-state index contributed by atoms with van der Waals surface area (Å²) in [6.07, 6.45) is 1.79. The van der Waals surface area contributed by atoms with Crippen LogP contribution in [0.5, 0.6) is 0 Å². The van der Waals surface area contributed by atoms with Crippen molar-refractivity contribution in [1.29, 1.82) is 0 Å². The topological polar surface area (TPSA) is 41.0 Å². The van der Waals surface area contributed by atoms with E-state index >= 15 is 0 Å². The molecule has 0 amide bonds. The Kier molecular flexibility index (Phi) is 3.54. The van der Waals surface area contributed by atoms with Gasteiger partial charge in [-0.1, -0.05) is 18.2 Å². The highest BCUT2D eigenvalue weighted by Crippen LogP contribution is 2.20. The van der Waals surface area contributed by atoms with Crippen molar-refractivity contribution < 1.29 is 0 Å². The first-order valence-corrected chi connectivity index (χ1v) is 5.78. The lowest BCUT2D eigenvalue weighted by atomic mass is 10.2. The predicted octanol–water partition coefficient (Wildman–Crippen LogP) is 1.99. The van der Waals surface area contributed by atoms with Crippen molar-refractivity contribution in [2.24, 2.45) is 0 Å². The van der Waals surface area contributed by atoms with Gasteiger partial charge in [0.05, 0.1) is 17.4 Å². The third kappa shape index (κ3) is 2.91. The first kappa shape index (κ1) is 11.8. The molecule has 0 aliphatic rings. The maximum Gasteiger partial charge on any atom is 0.0950 e. The quantitative estimate of drug-likeness (QED) is 0.872. The highest BCUT2D eigenvalue weighted by atomic mass is 15.1. The predicted molar refractivity (Wildman–Crippen MR) is 71.2 cm³/mol. The third-order valence-electron chi connectivity index (χ3n) is 2.59. The van der Waals surface area contributed by atoms with Crippen molar-refractivity contribution in [3.63, 3.8) is 0 Å². The molecule has 0 saturated heterocycles. The van der Waals surface area contributed by atoms with E-state index in [-0.39, 0.29) is 0 Å². The number of aromatic nitrogens is 2. The summed E-state index contributed by atoms with van der Waals surface area (Å²) in [4.78, 5) is 2.16. The molecule has 0 radical (unpaired) electrons. The molecule has 1 aromatic carbocycles. The highest BCUT2D eigenvalue weighted by molar-refractivity contribution is 5.90. The summed E-state index contributed by atoms with van der Waals surface area (Å²) >= 11 is 0. The molecule has 0 bridgehead atoms. The van der Waals surface area contributed by atoms with Crippen LogP contribution in [0, 0.1) is 0 Å². The number of hydrogen-bond acceptors (Lipinski definition) is 4. The number of hydrogen-bond donors (Lipinski definition) is 1. The van der Waals surface area contributed by atoms with E-state index in [0.717, 1.165) is 23.1 Å². The largest absolute Gasteiger partial charge is 0.379 e. The van der Waals surface area contributed by atoms with Gasteiger partial charge in [-0.15, -0.1) is 0 Å². The van der Waals surface area contributed by atoms with Crippen molar-refractivity contribution in [1.82, 2.24) is 15.1 Å². The molecule has 0 aliphatic carbocycles. The molecule has 17 heavy (non-hydrogen) atoms. The van der Waals surface area contributed by atoms with Crippen molar-refractivity contribution in [2.75, 3.05) is 26.0 Å². The number of likely N-dealkylation sites (N-methyl/N-ethyl adjacent to an activating group) is 1. The van der Waals surface area contributed by atoms with Gasteiger partial charge in [-0.2, -0.15) is 10.2 Å². The second-order valence-electron chi connectivity index (χ2n) is 4.58. The van der Waals surface area contributed by atoms with Crippen LogP contribution in [0.3, 0.4) is 0 Å². The summed E-state index contributed by atoms with van der Waals surface area (Å²) in [6, 6.07) is 8.41. The van der Waals surface area contributed by atoms with Gasteiger partial charge in [0.15, 0.2) is 0 Å². The number of benzene rings is 1. The first-order valence-electron chi connectivity index (χ1n) is 5.78.